The molecule has 21 N–H and O–H groups in total. The summed E-state index contributed by atoms with van der Waals surface area (Å²) in [6, 6.07) is -0.387. The number of aliphatic hydroxyl groups is 1. The summed E-state index contributed by atoms with van der Waals surface area (Å²) in [5.74, 6) is -7.50. The summed E-state index contributed by atoms with van der Waals surface area (Å²) >= 11 is 0. The Kier molecular flexibility index (Phi) is 29.6. The quantitative estimate of drug-likeness (QED) is 0.0307. The molecule has 26 nitrogen and oxygen atoms in total. The van der Waals surface area contributed by atoms with E-state index in [2.05, 4.69) is 53.2 Å². The van der Waals surface area contributed by atoms with E-state index in [0.29, 0.717) is 18.4 Å². The monoisotopic (exact) mass is 1060 g/mol. The molecular formula is C49H85N15O11. The first-order valence-electron chi connectivity index (χ1n) is 25.8. The van der Waals surface area contributed by atoms with E-state index in [-0.39, 0.29) is 83.6 Å². The maximum atomic E-state index is 14.3. The molecule has 0 spiro atoms. The van der Waals surface area contributed by atoms with Crippen molar-refractivity contribution in [1.29, 1.82) is 0 Å². The summed E-state index contributed by atoms with van der Waals surface area (Å²) in [6.07, 6.45) is 2.79. The zero-order valence-electron chi connectivity index (χ0n) is 43.9. The van der Waals surface area contributed by atoms with Gasteiger partial charge < -0.3 is 86.9 Å². The lowest BCUT2D eigenvalue weighted by atomic mass is 9.80. The third-order valence-corrected chi connectivity index (χ3v) is 12.3. The predicted molar refractivity (Wildman–Crippen MR) is 279 cm³/mol. The van der Waals surface area contributed by atoms with Gasteiger partial charge >= 0.3 is 0 Å². The highest BCUT2D eigenvalue weighted by Gasteiger charge is 2.35. The van der Waals surface area contributed by atoms with Gasteiger partial charge in [0, 0.05) is 24.9 Å². The van der Waals surface area contributed by atoms with Crippen LogP contribution in [0, 0.1) is 5.92 Å². The summed E-state index contributed by atoms with van der Waals surface area (Å²) in [5, 5.41) is 35.7. The van der Waals surface area contributed by atoms with E-state index >= 15 is 0 Å². The van der Waals surface area contributed by atoms with Gasteiger partial charge in [0.2, 0.25) is 59.1 Å². The van der Waals surface area contributed by atoms with E-state index in [1.807, 2.05) is 0 Å². The number of aliphatic hydroxyl groups excluding tert-OH is 1. The Balaban J connectivity index is 2.21. The molecule has 1 aliphatic rings. The van der Waals surface area contributed by atoms with E-state index in [1.54, 1.807) is 51.1 Å². The molecule has 0 aromatic heterocycles. The van der Waals surface area contributed by atoms with Crippen molar-refractivity contribution in [2.24, 2.45) is 34.6 Å². The second kappa shape index (κ2) is 34.3. The number of carbonyl (C=O) groups excluding carboxylic acids is 10. The van der Waals surface area contributed by atoms with Crippen molar-refractivity contribution < 1.29 is 53.1 Å². The van der Waals surface area contributed by atoms with Gasteiger partial charge in [-0.15, -0.1) is 0 Å². The molecule has 10 amide bonds. The SMILES string of the molecule is CCNC(=O)C(NC(=O)[C@H](CCN)NC(=O)[C@H](CCN)NC(=O)[C@H](CC(C)C)NC(=O)[C@@H](Cc1ccccc1)NC(=O)[C@H](CCN)NC(=O)CNC(=O)[C@H](CCN)NC(=O)CNC(=O)CC1(N)CCCCC1)C(C)O. The topological polar surface area (TPSA) is 441 Å². The van der Waals surface area contributed by atoms with E-state index in [0.717, 1.165) is 19.3 Å². The average molecular weight is 1060 g/mol. The minimum Gasteiger partial charge on any atom is -0.391 e. The third-order valence-electron chi connectivity index (χ3n) is 12.3. The summed E-state index contributed by atoms with van der Waals surface area (Å²) < 4.78 is 0. The number of rotatable bonds is 34. The largest absolute Gasteiger partial charge is 0.391 e. The Morgan fingerprint density at radius 3 is 1.43 bits per heavy atom. The molecule has 422 valence electrons. The standard InChI is InChI=1S/C49H85N15O11/c1-5-55-48(75)41(30(4)65)64-45(72)35(17-23-53)60-44(71)34(16-22-52)61-46(73)36(24-29(2)3)62-47(74)37(25-31-12-8-6-9-13-31)63-43(70)33(15-21-51)59-40(68)28-57-42(69)32(14-20-50)58-39(67)27-56-38(66)26-49(54)18-10-7-11-19-49/h6,8-9,12-13,29-30,32-37,41,65H,5,7,10-11,14-28,50-54H2,1-4H3,(H,55,75)(H,56,66)(H,57,69)(H,58,67)(H,59,68)(H,60,71)(H,61,73)(H,62,74)(H,63,70)(H,64,72)/t30?,32-,33-,34-,35-,36-,37+,41?/m0/s1. The van der Waals surface area contributed by atoms with E-state index in [4.69, 9.17) is 28.7 Å². The van der Waals surface area contributed by atoms with Crippen LogP contribution < -0.4 is 81.8 Å². The Hall–Kier alpha value is -6.32. The summed E-state index contributed by atoms with van der Waals surface area (Å²) in [7, 11) is 0. The van der Waals surface area contributed by atoms with Crippen molar-refractivity contribution in [3.8, 4) is 0 Å². The van der Waals surface area contributed by atoms with Crippen LogP contribution in [-0.2, 0) is 54.4 Å². The molecule has 2 rings (SSSR count). The van der Waals surface area contributed by atoms with Gasteiger partial charge in [-0.05, 0) is 96.5 Å². The molecule has 2 unspecified atom stereocenters. The first kappa shape index (κ1) is 64.8. The van der Waals surface area contributed by atoms with E-state index in [1.165, 1.54) is 6.92 Å². The van der Waals surface area contributed by atoms with Crippen molar-refractivity contribution in [3.05, 3.63) is 35.9 Å². The van der Waals surface area contributed by atoms with Gasteiger partial charge in [0.1, 0.15) is 42.3 Å². The van der Waals surface area contributed by atoms with Gasteiger partial charge in [-0.1, -0.05) is 63.4 Å². The van der Waals surface area contributed by atoms with Crippen LogP contribution in [0.15, 0.2) is 30.3 Å². The molecule has 0 heterocycles. The molecule has 1 aliphatic carbocycles. The molecule has 1 aromatic rings. The van der Waals surface area contributed by atoms with Crippen LogP contribution in [0.2, 0.25) is 0 Å². The fourth-order valence-electron chi connectivity index (χ4n) is 8.31. The molecular weight excluding hydrogens is 975 g/mol. The van der Waals surface area contributed by atoms with Crippen LogP contribution in [0.1, 0.15) is 104 Å². The van der Waals surface area contributed by atoms with Gasteiger partial charge in [0.25, 0.3) is 0 Å². The first-order chi connectivity index (χ1) is 35.6. The van der Waals surface area contributed by atoms with Gasteiger partial charge in [-0.25, -0.2) is 0 Å². The predicted octanol–water partition coefficient (Wildman–Crippen LogP) is -5.14. The van der Waals surface area contributed by atoms with Crippen molar-refractivity contribution in [1.82, 2.24) is 53.2 Å². The van der Waals surface area contributed by atoms with Crippen LogP contribution in [-0.4, -0.2) is 164 Å². The number of hydrogen-bond acceptors (Lipinski definition) is 16. The Morgan fingerprint density at radius 2 is 0.947 bits per heavy atom. The molecule has 0 radical (unpaired) electrons. The normalized spacial score (nSPS) is 16.1. The summed E-state index contributed by atoms with van der Waals surface area (Å²) in [6.45, 7) is 5.50. The Bertz CT molecular complexity index is 2020. The summed E-state index contributed by atoms with van der Waals surface area (Å²) in [4.78, 5) is 134. The molecule has 0 saturated heterocycles. The highest BCUT2D eigenvalue weighted by Crippen LogP contribution is 2.28. The molecule has 1 aromatic carbocycles. The maximum absolute atomic E-state index is 14.3. The smallest absolute Gasteiger partial charge is 0.245 e. The van der Waals surface area contributed by atoms with Gasteiger partial charge in [0.15, 0.2) is 0 Å². The number of carbonyl (C=O) groups is 10. The molecule has 75 heavy (non-hydrogen) atoms. The minimum atomic E-state index is -1.34. The van der Waals surface area contributed by atoms with Crippen LogP contribution >= 0.6 is 0 Å². The number of amides is 10. The lowest BCUT2D eigenvalue weighted by Crippen LogP contribution is -2.61. The minimum absolute atomic E-state index is 0.00373. The highest BCUT2D eigenvalue weighted by atomic mass is 16.3. The Labute approximate surface area is 439 Å². The number of benzene rings is 1. The molecule has 8 atom stereocenters. The number of hydrogen-bond donors (Lipinski definition) is 16. The zero-order chi connectivity index (χ0) is 56.1. The fraction of sp³-hybridized carbons (Fsp3) is 0.673. The van der Waals surface area contributed by atoms with Crippen LogP contribution in [0.5, 0.6) is 0 Å². The zero-order valence-corrected chi connectivity index (χ0v) is 43.9. The van der Waals surface area contributed by atoms with Gasteiger partial charge in [-0.2, -0.15) is 0 Å². The van der Waals surface area contributed by atoms with Crippen molar-refractivity contribution >= 4 is 59.1 Å². The van der Waals surface area contributed by atoms with Gasteiger partial charge in [0.05, 0.1) is 19.2 Å². The van der Waals surface area contributed by atoms with Crippen molar-refractivity contribution in [2.45, 2.75) is 159 Å². The second-order valence-electron chi connectivity index (χ2n) is 19.3. The molecule has 0 bridgehead atoms. The lowest BCUT2D eigenvalue weighted by molar-refractivity contribution is -0.136. The van der Waals surface area contributed by atoms with E-state index in [9.17, 15) is 53.1 Å². The number of likely N-dealkylation sites (N-methyl/N-ethyl adjacent to an activating group) is 1. The van der Waals surface area contributed by atoms with Crippen LogP contribution in [0.4, 0.5) is 0 Å². The first-order valence-corrected chi connectivity index (χ1v) is 25.8. The third kappa shape index (κ3) is 24.3. The number of nitrogens with two attached hydrogens (primary N) is 5. The Morgan fingerprint density at radius 1 is 0.520 bits per heavy atom. The molecule has 1 saturated carbocycles. The van der Waals surface area contributed by atoms with E-state index < -0.39 is 126 Å². The lowest BCUT2D eigenvalue weighted by Gasteiger charge is -2.32. The van der Waals surface area contributed by atoms with Crippen molar-refractivity contribution in [3.63, 3.8) is 0 Å². The van der Waals surface area contributed by atoms with Gasteiger partial charge in [-0.3, -0.25) is 47.9 Å². The highest BCUT2D eigenvalue weighted by molar-refractivity contribution is 5.98. The number of nitrogens with one attached hydrogen (secondary N) is 10. The molecule has 0 aliphatic heterocycles. The van der Waals surface area contributed by atoms with Crippen LogP contribution in [0.3, 0.4) is 0 Å². The average Bonchev–Trinajstić information content (AvgIpc) is 3.35. The molecule has 1 fully saturated rings. The second-order valence-corrected chi connectivity index (χ2v) is 19.3. The fourth-order valence-corrected chi connectivity index (χ4v) is 8.31. The summed E-state index contributed by atoms with van der Waals surface area (Å²) in [5.41, 5.74) is 29.5. The van der Waals surface area contributed by atoms with Crippen molar-refractivity contribution in [2.75, 3.05) is 45.8 Å². The molecule has 26 heteroatoms. The van der Waals surface area contributed by atoms with Crippen LogP contribution in [0.25, 0.3) is 0 Å². The maximum Gasteiger partial charge on any atom is 0.245 e.